The zero-order valence-electron chi connectivity index (χ0n) is 9.47. The molecule has 0 saturated carbocycles. The standard InChI is InChI=1S/C6H7NO.C6H14/c1-5-2-3-7-6(8)4-5;1-3-5-6-4-2/h2-4H,1H3,(H,7,8);3-6H2,1-2H3. The first-order valence-corrected chi connectivity index (χ1v) is 5.36. The highest BCUT2D eigenvalue weighted by atomic mass is 16.1. The molecular formula is C12H21NO. The molecule has 0 aliphatic heterocycles. The number of rotatable bonds is 3. The van der Waals surface area contributed by atoms with Gasteiger partial charge in [0.1, 0.15) is 0 Å². The Kier molecular flexibility index (Phi) is 7.90. The molecule has 1 aromatic heterocycles. The van der Waals surface area contributed by atoms with Crippen LogP contribution in [0.5, 0.6) is 0 Å². The van der Waals surface area contributed by atoms with Crippen molar-refractivity contribution in [2.24, 2.45) is 0 Å². The second-order valence-corrected chi connectivity index (χ2v) is 3.44. The number of pyridine rings is 1. The molecule has 0 bridgehead atoms. The fraction of sp³-hybridized carbons (Fsp3) is 0.583. The molecular weight excluding hydrogens is 174 g/mol. The maximum Gasteiger partial charge on any atom is 0.248 e. The average molecular weight is 195 g/mol. The molecule has 1 N–H and O–H groups in total. The number of aromatic nitrogens is 1. The summed E-state index contributed by atoms with van der Waals surface area (Å²) in [6.07, 6.45) is 7.17. The van der Waals surface area contributed by atoms with Gasteiger partial charge in [-0.3, -0.25) is 4.79 Å². The highest BCUT2D eigenvalue weighted by molar-refractivity contribution is 5.06. The summed E-state index contributed by atoms with van der Waals surface area (Å²) in [5.74, 6) is 0. The van der Waals surface area contributed by atoms with Gasteiger partial charge in [0.15, 0.2) is 0 Å². The van der Waals surface area contributed by atoms with Gasteiger partial charge in [-0.05, 0) is 18.6 Å². The van der Waals surface area contributed by atoms with E-state index < -0.39 is 0 Å². The number of hydrogen-bond acceptors (Lipinski definition) is 1. The van der Waals surface area contributed by atoms with Gasteiger partial charge in [-0.1, -0.05) is 39.5 Å². The Hall–Kier alpha value is -1.05. The van der Waals surface area contributed by atoms with Crippen molar-refractivity contribution in [3.8, 4) is 0 Å². The summed E-state index contributed by atoms with van der Waals surface area (Å²) in [5, 5.41) is 0. The maximum absolute atomic E-state index is 10.4. The topological polar surface area (TPSA) is 32.9 Å². The van der Waals surface area contributed by atoms with Gasteiger partial charge in [-0.2, -0.15) is 0 Å². The van der Waals surface area contributed by atoms with Crippen LogP contribution in [0.3, 0.4) is 0 Å². The van der Waals surface area contributed by atoms with Gasteiger partial charge in [0.25, 0.3) is 0 Å². The third-order valence-corrected chi connectivity index (χ3v) is 1.89. The zero-order valence-corrected chi connectivity index (χ0v) is 9.47. The quantitative estimate of drug-likeness (QED) is 0.738. The molecule has 0 saturated heterocycles. The molecule has 1 aromatic rings. The molecule has 0 aromatic carbocycles. The lowest BCUT2D eigenvalue weighted by Gasteiger charge is -1.86. The molecule has 1 heterocycles. The zero-order chi connectivity index (χ0) is 10.8. The van der Waals surface area contributed by atoms with Crippen molar-refractivity contribution >= 4 is 0 Å². The normalized spacial score (nSPS) is 9.07. The first-order chi connectivity index (χ1) is 6.70. The molecule has 0 amide bonds. The van der Waals surface area contributed by atoms with Crippen LogP contribution in [-0.4, -0.2) is 4.98 Å². The van der Waals surface area contributed by atoms with E-state index in [1.54, 1.807) is 12.3 Å². The molecule has 1 rings (SSSR count). The first-order valence-electron chi connectivity index (χ1n) is 5.36. The molecule has 80 valence electrons. The van der Waals surface area contributed by atoms with Crippen LogP contribution < -0.4 is 5.56 Å². The van der Waals surface area contributed by atoms with Gasteiger partial charge in [0.05, 0.1) is 0 Å². The number of H-pyrrole nitrogens is 1. The van der Waals surface area contributed by atoms with Crippen molar-refractivity contribution in [2.75, 3.05) is 0 Å². The Balaban J connectivity index is 0.000000255. The Morgan fingerprint density at radius 2 is 1.79 bits per heavy atom. The van der Waals surface area contributed by atoms with Crippen molar-refractivity contribution in [3.05, 3.63) is 34.2 Å². The molecule has 0 aliphatic rings. The van der Waals surface area contributed by atoms with Crippen LogP contribution in [0, 0.1) is 6.92 Å². The lowest BCUT2D eigenvalue weighted by Crippen LogP contribution is -2.01. The van der Waals surface area contributed by atoms with E-state index in [1.807, 2.05) is 13.0 Å². The second kappa shape index (κ2) is 8.54. The molecule has 0 spiro atoms. The highest BCUT2D eigenvalue weighted by Gasteiger charge is 1.80. The minimum atomic E-state index is -0.0370. The van der Waals surface area contributed by atoms with Gasteiger partial charge in [-0.25, -0.2) is 0 Å². The predicted octanol–water partition coefficient (Wildman–Crippen LogP) is 3.27. The molecule has 2 nitrogen and oxygen atoms in total. The van der Waals surface area contributed by atoms with E-state index in [4.69, 9.17) is 0 Å². The highest BCUT2D eigenvalue weighted by Crippen LogP contribution is 1.95. The Bertz CT molecular complexity index is 274. The van der Waals surface area contributed by atoms with Crippen LogP contribution in [-0.2, 0) is 0 Å². The van der Waals surface area contributed by atoms with Gasteiger partial charge in [-0.15, -0.1) is 0 Å². The van der Waals surface area contributed by atoms with Crippen LogP contribution in [0.25, 0.3) is 0 Å². The lowest BCUT2D eigenvalue weighted by molar-refractivity contribution is 0.702. The Labute approximate surface area is 86.4 Å². The van der Waals surface area contributed by atoms with Crippen molar-refractivity contribution < 1.29 is 0 Å². The molecule has 0 radical (unpaired) electrons. The molecule has 2 heteroatoms. The van der Waals surface area contributed by atoms with Crippen molar-refractivity contribution in [1.29, 1.82) is 0 Å². The fourth-order valence-electron chi connectivity index (χ4n) is 1.05. The summed E-state index contributed by atoms with van der Waals surface area (Å²) in [4.78, 5) is 13.0. The summed E-state index contributed by atoms with van der Waals surface area (Å²) in [6, 6.07) is 3.40. The minimum Gasteiger partial charge on any atom is -0.329 e. The second-order valence-electron chi connectivity index (χ2n) is 3.44. The number of aromatic amines is 1. The van der Waals surface area contributed by atoms with Crippen LogP contribution in [0.4, 0.5) is 0 Å². The summed E-state index contributed by atoms with van der Waals surface area (Å²) in [7, 11) is 0. The molecule has 0 fully saturated rings. The van der Waals surface area contributed by atoms with Crippen molar-refractivity contribution in [2.45, 2.75) is 46.5 Å². The third kappa shape index (κ3) is 7.59. The molecule has 0 unspecified atom stereocenters. The SMILES string of the molecule is CCCCCC.Cc1cc[nH]c(=O)c1. The minimum absolute atomic E-state index is 0.0370. The fourth-order valence-corrected chi connectivity index (χ4v) is 1.05. The molecule has 0 aliphatic carbocycles. The van der Waals surface area contributed by atoms with Crippen LogP contribution in [0.1, 0.15) is 45.1 Å². The van der Waals surface area contributed by atoms with Crippen LogP contribution >= 0.6 is 0 Å². The van der Waals surface area contributed by atoms with Crippen molar-refractivity contribution in [1.82, 2.24) is 4.98 Å². The van der Waals surface area contributed by atoms with Gasteiger partial charge < -0.3 is 4.98 Å². The van der Waals surface area contributed by atoms with E-state index >= 15 is 0 Å². The number of hydrogen-bond donors (Lipinski definition) is 1. The Morgan fingerprint density at radius 3 is 2.07 bits per heavy atom. The first kappa shape index (κ1) is 12.9. The van der Waals surface area contributed by atoms with Crippen LogP contribution in [0.15, 0.2) is 23.1 Å². The predicted molar refractivity (Wildman–Crippen MR) is 61.6 cm³/mol. The monoisotopic (exact) mass is 195 g/mol. The number of nitrogens with one attached hydrogen (secondary N) is 1. The van der Waals surface area contributed by atoms with Gasteiger partial charge in [0, 0.05) is 12.3 Å². The maximum atomic E-state index is 10.4. The van der Waals surface area contributed by atoms with E-state index in [1.165, 1.54) is 25.7 Å². The number of unbranched alkanes of at least 4 members (excludes halogenated alkanes) is 3. The number of aryl methyl sites for hydroxylation is 1. The van der Waals surface area contributed by atoms with E-state index in [0.29, 0.717) is 0 Å². The molecule has 0 atom stereocenters. The average Bonchev–Trinajstić information content (AvgIpc) is 2.15. The smallest absolute Gasteiger partial charge is 0.248 e. The van der Waals surface area contributed by atoms with E-state index in [0.717, 1.165) is 5.56 Å². The summed E-state index contributed by atoms with van der Waals surface area (Å²) >= 11 is 0. The summed E-state index contributed by atoms with van der Waals surface area (Å²) in [6.45, 7) is 6.35. The van der Waals surface area contributed by atoms with Crippen molar-refractivity contribution in [3.63, 3.8) is 0 Å². The largest absolute Gasteiger partial charge is 0.329 e. The van der Waals surface area contributed by atoms with E-state index in [9.17, 15) is 4.79 Å². The molecule has 14 heavy (non-hydrogen) atoms. The third-order valence-electron chi connectivity index (χ3n) is 1.89. The Morgan fingerprint density at radius 1 is 1.21 bits per heavy atom. The van der Waals surface area contributed by atoms with Gasteiger partial charge in [0.2, 0.25) is 5.56 Å². The summed E-state index contributed by atoms with van der Waals surface area (Å²) < 4.78 is 0. The van der Waals surface area contributed by atoms with E-state index in [2.05, 4.69) is 18.8 Å². The lowest BCUT2D eigenvalue weighted by atomic mass is 10.2. The van der Waals surface area contributed by atoms with Gasteiger partial charge >= 0.3 is 0 Å². The van der Waals surface area contributed by atoms with Crippen LogP contribution in [0.2, 0.25) is 0 Å². The van der Waals surface area contributed by atoms with E-state index in [-0.39, 0.29) is 5.56 Å². The summed E-state index contributed by atoms with van der Waals surface area (Å²) in [5.41, 5.74) is 0.957.